The molecule has 3 rings (SSSR count). The zero-order valence-electron chi connectivity index (χ0n) is 23.1. The second-order valence-corrected chi connectivity index (χ2v) is 9.92. The number of carbonyl (C=O) groups excluding carboxylic acids is 3. The van der Waals surface area contributed by atoms with Crippen molar-refractivity contribution < 1.29 is 42.5 Å². The van der Waals surface area contributed by atoms with Crippen molar-refractivity contribution in [1.29, 1.82) is 0 Å². The molecule has 0 radical (unpaired) electrons. The normalized spacial score (nSPS) is 21.7. The largest absolute Gasteiger partial charge is 0.493 e. The summed E-state index contributed by atoms with van der Waals surface area (Å²) in [5, 5.41) is 2.74. The third kappa shape index (κ3) is 8.71. The minimum Gasteiger partial charge on any atom is -0.493 e. The lowest BCUT2D eigenvalue weighted by atomic mass is 9.88. The number of esters is 2. The predicted octanol–water partition coefficient (Wildman–Crippen LogP) is 3.70. The Hall–Kier alpha value is -3.60. The summed E-state index contributed by atoms with van der Waals surface area (Å²) in [6.45, 7) is 7.27. The van der Waals surface area contributed by atoms with Gasteiger partial charge < -0.3 is 33.4 Å². The van der Waals surface area contributed by atoms with Crippen LogP contribution >= 0.6 is 0 Å². The van der Waals surface area contributed by atoms with Gasteiger partial charge in [0.2, 0.25) is 6.79 Å². The maximum atomic E-state index is 13.3. The SMILES string of the molecule is COc1ccnc(C(=O)N[C@H]2CCC[C@H](Cc3ccco3)[C@@H](OCC(C)C)[C@H](C)OC2=O)c1OCOC(C)=O. The van der Waals surface area contributed by atoms with Crippen molar-refractivity contribution in [2.75, 3.05) is 20.5 Å². The number of amides is 1. The Kier molecular flexibility index (Phi) is 11.2. The van der Waals surface area contributed by atoms with E-state index in [4.69, 9.17) is 28.1 Å². The lowest BCUT2D eigenvalue weighted by Crippen LogP contribution is -2.45. The van der Waals surface area contributed by atoms with E-state index in [0.717, 1.165) is 12.2 Å². The fourth-order valence-corrected chi connectivity index (χ4v) is 4.48. The first-order valence-electron chi connectivity index (χ1n) is 13.1. The summed E-state index contributed by atoms with van der Waals surface area (Å²) >= 11 is 0. The molecular formula is C28H38N2O9. The maximum Gasteiger partial charge on any atom is 0.329 e. The maximum absolute atomic E-state index is 13.3. The van der Waals surface area contributed by atoms with Crippen LogP contribution in [0.25, 0.3) is 0 Å². The molecular weight excluding hydrogens is 508 g/mol. The molecule has 3 heterocycles. The first kappa shape index (κ1) is 29.9. The Labute approximate surface area is 228 Å². The molecule has 4 atom stereocenters. The molecule has 0 aromatic carbocycles. The van der Waals surface area contributed by atoms with E-state index in [1.807, 2.05) is 19.1 Å². The summed E-state index contributed by atoms with van der Waals surface area (Å²) in [6, 6.07) is 4.36. The van der Waals surface area contributed by atoms with Gasteiger partial charge >= 0.3 is 11.9 Å². The molecule has 1 N–H and O–H groups in total. The number of hydrogen-bond acceptors (Lipinski definition) is 10. The zero-order chi connectivity index (χ0) is 28.4. The van der Waals surface area contributed by atoms with Gasteiger partial charge in [-0.15, -0.1) is 0 Å². The van der Waals surface area contributed by atoms with Crippen LogP contribution in [0.2, 0.25) is 0 Å². The van der Waals surface area contributed by atoms with Crippen molar-refractivity contribution in [3.8, 4) is 11.5 Å². The second-order valence-electron chi connectivity index (χ2n) is 9.92. The number of methoxy groups -OCH3 is 1. The van der Waals surface area contributed by atoms with Crippen LogP contribution in [0.4, 0.5) is 0 Å². The summed E-state index contributed by atoms with van der Waals surface area (Å²) < 4.78 is 33.3. The summed E-state index contributed by atoms with van der Waals surface area (Å²) in [6.07, 6.45) is 4.52. The number of hydrogen-bond donors (Lipinski definition) is 1. The Morgan fingerprint density at radius 3 is 2.69 bits per heavy atom. The fourth-order valence-electron chi connectivity index (χ4n) is 4.48. The number of pyridine rings is 1. The predicted molar refractivity (Wildman–Crippen MR) is 139 cm³/mol. The van der Waals surface area contributed by atoms with Gasteiger partial charge in [-0.05, 0) is 43.7 Å². The summed E-state index contributed by atoms with van der Waals surface area (Å²) in [4.78, 5) is 41.7. The van der Waals surface area contributed by atoms with Crippen LogP contribution in [0.5, 0.6) is 11.5 Å². The first-order chi connectivity index (χ1) is 18.7. The minimum atomic E-state index is -0.914. The van der Waals surface area contributed by atoms with Gasteiger partial charge in [-0.3, -0.25) is 9.59 Å². The molecule has 0 spiro atoms. The number of rotatable bonds is 11. The minimum absolute atomic E-state index is 0.00999. The number of ether oxygens (including phenoxy) is 5. The van der Waals surface area contributed by atoms with Crippen molar-refractivity contribution >= 4 is 17.8 Å². The van der Waals surface area contributed by atoms with Crippen LogP contribution < -0.4 is 14.8 Å². The lowest BCUT2D eigenvalue weighted by molar-refractivity contribution is -0.161. The zero-order valence-corrected chi connectivity index (χ0v) is 23.1. The van der Waals surface area contributed by atoms with E-state index in [2.05, 4.69) is 24.1 Å². The molecule has 39 heavy (non-hydrogen) atoms. The van der Waals surface area contributed by atoms with E-state index in [-0.39, 0.29) is 29.2 Å². The monoisotopic (exact) mass is 546 g/mol. The fraction of sp³-hybridized carbons (Fsp3) is 0.571. The van der Waals surface area contributed by atoms with Crippen molar-refractivity contribution in [1.82, 2.24) is 10.3 Å². The molecule has 0 saturated carbocycles. The van der Waals surface area contributed by atoms with E-state index < -0.39 is 36.8 Å². The molecule has 1 aliphatic heterocycles. The molecule has 2 aromatic heterocycles. The van der Waals surface area contributed by atoms with Crippen molar-refractivity contribution in [2.24, 2.45) is 11.8 Å². The number of carbonyl (C=O) groups is 3. The average molecular weight is 547 g/mol. The molecule has 214 valence electrons. The molecule has 11 nitrogen and oxygen atoms in total. The van der Waals surface area contributed by atoms with Crippen molar-refractivity contribution in [3.63, 3.8) is 0 Å². The van der Waals surface area contributed by atoms with E-state index in [1.54, 1.807) is 6.26 Å². The number of furan rings is 1. The van der Waals surface area contributed by atoms with Crippen LogP contribution in [0.3, 0.4) is 0 Å². The molecule has 0 aliphatic carbocycles. The smallest absolute Gasteiger partial charge is 0.329 e. The van der Waals surface area contributed by atoms with Crippen LogP contribution in [0.15, 0.2) is 35.1 Å². The van der Waals surface area contributed by atoms with Crippen LogP contribution in [-0.2, 0) is 30.2 Å². The van der Waals surface area contributed by atoms with Gasteiger partial charge in [0.05, 0.1) is 19.5 Å². The third-order valence-electron chi connectivity index (χ3n) is 6.32. The standard InChI is InChI=1S/C28H38N2O9/c1-17(2)15-36-25-18(3)39-28(33)22(10-6-8-20(25)14-21-9-7-13-35-21)30-27(32)24-26(38-16-37-19(4)31)23(34-5)11-12-29-24/h7,9,11-13,17-18,20,22,25H,6,8,10,14-16H2,1-5H3,(H,30,32)/t18-,20+,22-,25-/m0/s1. The number of aromatic nitrogens is 1. The number of cyclic esters (lactones) is 1. The van der Waals surface area contributed by atoms with Gasteiger partial charge in [-0.25, -0.2) is 9.78 Å². The van der Waals surface area contributed by atoms with Gasteiger partial charge in [0, 0.05) is 32.2 Å². The lowest BCUT2D eigenvalue weighted by Gasteiger charge is -2.31. The van der Waals surface area contributed by atoms with Crippen LogP contribution in [0.1, 0.15) is 63.2 Å². The Bertz CT molecular complexity index is 1090. The van der Waals surface area contributed by atoms with Crippen molar-refractivity contribution in [2.45, 2.75) is 71.6 Å². The van der Waals surface area contributed by atoms with E-state index in [1.165, 1.54) is 26.3 Å². The number of nitrogens with zero attached hydrogens (tertiary/aromatic N) is 1. The summed E-state index contributed by atoms with van der Waals surface area (Å²) in [5.41, 5.74) is -0.115. The average Bonchev–Trinajstić information content (AvgIpc) is 3.41. The summed E-state index contributed by atoms with van der Waals surface area (Å²) in [5.74, 6) is -0.349. The van der Waals surface area contributed by atoms with Gasteiger partial charge in [0.25, 0.3) is 5.91 Å². The highest BCUT2D eigenvalue weighted by atomic mass is 16.7. The van der Waals surface area contributed by atoms with E-state index in [0.29, 0.717) is 31.8 Å². The molecule has 1 amide bonds. The molecule has 2 aromatic rings. The highest BCUT2D eigenvalue weighted by molar-refractivity contribution is 5.98. The van der Waals surface area contributed by atoms with Gasteiger partial charge in [-0.2, -0.15) is 0 Å². The van der Waals surface area contributed by atoms with Gasteiger partial charge in [0.15, 0.2) is 17.2 Å². The van der Waals surface area contributed by atoms with E-state index >= 15 is 0 Å². The molecule has 1 fully saturated rings. The van der Waals surface area contributed by atoms with E-state index in [9.17, 15) is 14.4 Å². The van der Waals surface area contributed by atoms with Gasteiger partial charge in [-0.1, -0.05) is 20.3 Å². The third-order valence-corrected chi connectivity index (χ3v) is 6.32. The first-order valence-corrected chi connectivity index (χ1v) is 13.1. The second kappa shape index (κ2) is 14.5. The quantitative estimate of drug-likeness (QED) is 0.328. The Balaban J connectivity index is 1.77. The molecule has 0 bridgehead atoms. The molecule has 1 aliphatic rings. The Morgan fingerprint density at radius 2 is 2.03 bits per heavy atom. The Morgan fingerprint density at radius 1 is 1.23 bits per heavy atom. The highest BCUT2D eigenvalue weighted by Gasteiger charge is 2.36. The topological polar surface area (TPSA) is 135 Å². The molecule has 0 unspecified atom stereocenters. The van der Waals surface area contributed by atoms with Crippen LogP contribution in [0, 0.1) is 11.8 Å². The van der Waals surface area contributed by atoms with Crippen LogP contribution in [-0.4, -0.2) is 61.6 Å². The molecule has 11 heteroatoms. The van der Waals surface area contributed by atoms with Gasteiger partial charge in [0.1, 0.15) is 17.9 Å². The molecule has 1 saturated heterocycles. The van der Waals surface area contributed by atoms with Crippen molar-refractivity contribution in [3.05, 3.63) is 42.1 Å². The number of nitrogens with one attached hydrogen (secondary N) is 1. The highest BCUT2D eigenvalue weighted by Crippen LogP contribution is 2.31. The summed E-state index contributed by atoms with van der Waals surface area (Å²) in [7, 11) is 1.41.